The fourth-order valence-corrected chi connectivity index (χ4v) is 3.70. The maximum Gasteiger partial charge on any atom is 0.167 e. The van der Waals surface area contributed by atoms with Gasteiger partial charge in [0.25, 0.3) is 0 Å². The first-order chi connectivity index (χ1) is 15.1. The van der Waals surface area contributed by atoms with E-state index in [2.05, 4.69) is 53.3 Å². The number of nitrogens with zero attached hydrogens (tertiary/aromatic N) is 2. The second-order valence-corrected chi connectivity index (χ2v) is 7.73. The first kappa shape index (κ1) is 26.9. The average molecular weight is 434 g/mol. The number of carbonyl (C=O) groups excluding carboxylic acids is 1. The summed E-state index contributed by atoms with van der Waals surface area (Å²) in [6, 6.07) is 10.6. The molecular weight excluding hydrogens is 390 g/mol. The van der Waals surface area contributed by atoms with E-state index in [1.54, 1.807) is 0 Å². The van der Waals surface area contributed by atoms with E-state index in [0.717, 1.165) is 63.1 Å². The molecule has 0 aliphatic rings. The van der Waals surface area contributed by atoms with Gasteiger partial charge < -0.3 is 26.4 Å². The minimum Gasteiger partial charge on any atom is -0.395 e. The van der Waals surface area contributed by atoms with Crippen LogP contribution >= 0.6 is 0 Å². The average Bonchev–Trinajstić information content (AvgIpc) is 2.78. The molecule has 1 aromatic carbocycles. The number of para-hydroxylation sites is 1. The van der Waals surface area contributed by atoms with E-state index >= 15 is 0 Å². The van der Waals surface area contributed by atoms with Crippen molar-refractivity contribution in [3.63, 3.8) is 0 Å². The van der Waals surface area contributed by atoms with Gasteiger partial charge in [0.1, 0.15) is 0 Å². The van der Waals surface area contributed by atoms with Gasteiger partial charge in [-0.05, 0) is 51.8 Å². The molecule has 0 saturated heterocycles. The van der Waals surface area contributed by atoms with Crippen LogP contribution in [0.3, 0.4) is 0 Å². The molecule has 7 nitrogen and oxygen atoms in total. The van der Waals surface area contributed by atoms with Crippen molar-refractivity contribution in [3.8, 4) is 0 Å². The summed E-state index contributed by atoms with van der Waals surface area (Å²) in [4.78, 5) is 16.3. The second-order valence-electron chi connectivity index (χ2n) is 7.73. The first-order valence-electron chi connectivity index (χ1n) is 11.6. The highest BCUT2D eigenvalue weighted by Gasteiger charge is 2.14. The topological polar surface area (TPSA) is 93.9 Å². The van der Waals surface area contributed by atoms with Crippen LogP contribution in [0.15, 0.2) is 41.7 Å². The van der Waals surface area contributed by atoms with Gasteiger partial charge in [-0.25, -0.2) is 0 Å². The largest absolute Gasteiger partial charge is 0.395 e. The van der Waals surface area contributed by atoms with Crippen molar-refractivity contribution < 1.29 is 9.90 Å². The molecule has 31 heavy (non-hydrogen) atoms. The molecule has 0 amide bonds. The van der Waals surface area contributed by atoms with Crippen LogP contribution in [0, 0.1) is 0 Å². The van der Waals surface area contributed by atoms with Crippen LogP contribution in [0.4, 0.5) is 5.69 Å². The highest BCUT2D eigenvalue weighted by molar-refractivity contribution is 5.73. The smallest absolute Gasteiger partial charge is 0.167 e. The Morgan fingerprint density at radius 2 is 1.90 bits per heavy atom. The van der Waals surface area contributed by atoms with Crippen molar-refractivity contribution in [2.45, 2.75) is 46.1 Å². The number of carbonyl (C=O) groups is 1. The molecule has 1 aromatic rings. The van der Waals surface area contributed by atoms with Gasteiger partial charge in [-0.1, -0.05) is 25.1 Å². The molecule has 0 saturated carbocycles. The molecule has 0 spiro atoms. The van der Waals surface area contributed by atoms with E-state index in [4.69, 9.17) is 10.8 Å². The summed E-state index contributed by atoms with van der Waals surface area (Å²) >= 11 is 0. The first-order valence-corrected chi connectivity index (χ1v) is 11.6. The van der Waals surface area contributed by atoms with E-state index in [-0.39, 0.29) is 6.61 Å². The summed E-state index contributed by atoms with van der Waals surface area (Å²) in [5.74, 6) is 0. The molecule has 0 fully saturated rings. The number of anilines is 1. The third-order valence-corrected chi connectivity index (χ3v) is 5.44. The number of aliphatic hydroxyl groups is 1. The minimum absolute atomic E-state index is 0.144. The zero-order valence-corrected chi connectivity index (χ0v) is 19.6. The van der Waals surface area contributed by atoms with E-state index in [1.807, 2.05) is 18.2 Å². The third kappa shape index (κ3) is 10.7. The van der Waals surface area contributed by atoms with Crippen LogP contribution in [0.25, 0.3) is 0 Å². The predicted octanol–water partition coefficient (Wildman–Crippen LogP) is 2.25. The molecular formula is C24H43N5O2. The maximum atomic E-state index is 11.9. The van der Waals surface area contributed by atoms with Crippen molar-refractivity contribution in [1.29, 1.82) is 0 Å². The van der Waals surface area contributed by atoms with Gasteiger partial charge in [0, 0.05) is 56.7 Å². The molecule has 176 valence electrons. The Bertz CT molecular complexity index is 624. The molecule has 0 radical (unpaired) electrons. The lowest BCUT2D eigenvalue weighted by atomic mass is 10.1. The lowest BCUT2D eigenvalue weighted by molar-refractivity contribution is -0.105. The number of hydrogen-bond donors (Lipinski definition) is 4. The number of allylic oxidation sites excluding steroid dienone is 2. The molecule has 1 atom stereocenters. The third-order valence-electron chi connectivity index (χ3n) is 5.44. The van der Waals surface area contributed by atoms with Gasteiger partial charge in [0.15, 0.2) is 6.29 Å². The van der Waals surface area contributed by atoms with Gasteiger partial charge in [0.05, 0.1) is 12.3 Å². The Labute approximate surface area is 188 Å². The zero-order valence-electron chi connectivity index (χ0n) is 19.6. The molecule has 1 unspecified atom stereocenters. The normalized spacial score (nSPS) is 13.0. The number of hydrogen-bond acceptors (Lipinski definition) is 7. The number of aldehydes is 1. The molecule has 5 N–H and O–H groups in total. The van der Waals surface area contributed by atoms with E-state index in [0.29, 0.717) is 31.4 Å². The molecule has 0 aliphatic heterocycles. The fourth-order valence-electron chi connectivity index (χ4n) is 3.70. The van der Waals surface area contributed by atoms with E-state index < -0.39 is 0 Å². The monoisotopic (exact) mass is 433 g/mol. The van der Waals surface area contributed by atoms with Crippen molar-refractivity contribution >= 4 is 12.0 Å². The van der Waals surface area contributed by atoms with Crippen molar-refractivity contribution in [2.24, 2.45) is 5.73 Å². The highest BCUT2D eigenvalue weighted by Crippen LogP contribution is 2.18. The van der Waals surface area contributed by atoms with Crippen LogP contribution < -0.4 is 16.4 Å². The molecule has 0 aliphatic carbocycles. The number of benzene rings is 1. The Kier molecular flexibility index (Phi) is 14.4. The Morgan fingerprint density at radius 1 is 1.16 bits per heavy atom. The number of aliphatic hydroxyl groups excluding tert-OH is 1. The van der Waals surface area contributed by atoms with Crippen LogP contribution in [0.2, 0.25) is 0 Å². The molecule has 0 bridgehead atoms. The lowest BCUT2D eigenvalue weighted by Crippen LogP contribution is -2.36. The van der Waals surface area contributed by atoms with Crippen molar-refractivity contribution in [2.75, 3.05) is 57.7 Å². The van der Waals surface area contributed by atoms with E-state index in [1.165, 1.54) is 0 Å². The van der Waals surface area contributed by atoms with Crippen LogP contribution in [-0.4, -0.2) is 79.7 Å². The number of likely N-dealkylation sites (N-methyl/N-ethyl adjacent to an activating group) is 2. The van der Waals surface area contributed by atoms with Gasteiger partial charge in [0.2, 0.25) is 0 Å². The van der Waals surface area contributed by atoms with Crippen molar-refractivity contribution in [3.05, 3.63) is 41.7 Å². The Hall–Kier alpha value is -2.09. The zero-order chi connectivity index (χ0) is 22.9. The summed E-state index contributed by atoms with van der Waals surface area (Å²) < 4.78 is 0. The van der Waals surface area contributed by atoms with Gasteiger partial charge in [-0.2, -0.15) is 0 Å². The highest BCUT2D eigenvalue weighted by atomic mass is 16.3. The van der Waals surface area contributed by atoms with Gasteiger partial charge in [-0.15, -0.1) is 0 Å². The Balaban J connectivity index is 2.74. The quantitative estimate of drug-likeness (QED) is 0.208. The maximum absolute atomic E-state index is 11.9. The number of nitrogens with one attached hydrogen (secondary N) is 2. The Morgan fingerprint density at radius 3 is 2.48 bits per heavy atom. The summed E-state index contributed by atoms with van der Waals surface area (Å²) in [6.07, 6.45) is 3.74. The van der Waals surface area contributed by atoms with Crippen LogP contribution in [0.1, 0.15) is 40.0 Å². The standard InChI is InChI=1S/C24H43N5O2/c1-4-28(18-19-30)17-15-26-23(20-31)24(29(5-2)16-14-25)13-9-10-21(3)27-22-11-7-6-8-12-22/h6-8,11-12,20-21,26-27,30H,4-5,9-10,13-19,25H2,1-3H3/b24-23-. The van der Waals surface area contributed by atoms with Gasteiger partial charge >= 0.3 is 0 Å². The summed E-state index contributed by atoms with van der Waals surface area (Å²) in [5.41, 5.74) is 8.65. The van der Waals surface area contributed by atoms with Crippen molar-refractivity contribution in [1.82, 2.24) is 15.1 Å². The molecule has 0 heterocycles. The predicted molar refractivity (Wildman–Crippen MR) is 130 cm³/mol. The van der Waals surface area contributed by atoms with Gasteiger partial charge in [-0.3, -0.25) is 9.69 Å². The summed E-state index contributed by atoms with van der Waals surface area (Å²) in [7, 11) is 0. The summed E-state index contributed by atoms with van der Waals surface area (Å²) in [6.45, 7) is 11.6. The lowest BCUT2D eigenvalue weighted by Gasteiger charge is -2.28. The SMILES string of the molecule is CCN(CCO)CCN/C(C=O)=C(/CCCC(C)Nc1ccccc1)N(CC)CCN. The van der Waals surface area contributed by atoms with E-state index in [9.17, 15) is 4.79 Å². The summed E-state index contributed by atoms with van der Waals surface area (Å²) in [5, 5.41) is 16.0. The second kappa shape index (κ2) is 16.6. The van der Waals surface area contributed by atoms with Crippen LogP contribution in [0.5, 0.6) is 0 Å². The molecule has 0 aromatic heterocycles. The number of rotatable bonds is 18. The fraction of sp³-hybridized carbons (Fsp3) is 0.625. The number of nitrogens with two attached hydrogens (primary N) is 1. The minimum atomic E-state index is 0.144. The molecule has 7 heteroatoms. The molecule has 1 rings (SSSR count). The van der Waals surface area contributed by atoms with Crippen LogP contribution in [-0.2, 0) is 4.79 Å².